The molecule has 2 heterocycles. The fourth-order valence-electron chi connectivity index (χ4n) is 5.41. The van der Waals surface area contributed by atoms with Crippen LogP contribution in [0.2, 0.25) is 5.02 Å². The maximum Gasteiger partial charge on any atom is 0.336 e. The van der Waals surface area contributed by atoms with Crippen molar-refractivity contribution in [3.8, 4) is 34.3 Å². The fraction of sp³-hybridized carbons (Fsp3) is 0.286. The molecule has 3 aromatic carbocycles. The van der Waals surface area contributed by atoms with E-state index in [1.165, 1.54) is 13.2 Å². The second-order valence-corrected chi connectivity index (χ2v) is 11.2. The van der Waals surface area contributed by atoms with Crippen LogP contribution >= 0.6 is 11.6 Å². The molecular formula is C35H35ClN2O8. The molecule has 4 aromatic rings. The van der Waals surface area contributed by atoms with Crippen molar-refractivity contribution in [3.05, 3.63) is 93.1 Å². The van der Waals surface area contributed by atoms with Gasteiger partial charge in [0.25, 0.3) is 0 Å². The van der Waals surface area contributed by atoms with Crippen LogP contribution in [0.15, 0.2) is 60.3 Å². The smallest absolute Gasteiger partial charge is 0.336 e. The molecule has 0 amide bonds. The van der Waals surface area contributed by atoms with Gasteiger partial charge in [0, 0.05) is 63.9 Å². The number of aliphatic carboxylic acids is 1. The quantitative estimate of drug-likeness (QED) is 0.140. The van der Waals surface area contributed by atoms with Crippen LogP contribution in [0.1, 0.15) is 52.4 Å². The van der Waals surface area contributed by atoms with Gasteiger partial charge in [-0.1, -0.05) is 31.0 Å². The van der Waals surface area contributed by atoms with E-state index in [4.69, 9.17) is 30.5 Å². The molecule has 0 atom stereocenters. The first-order valence-electron chi connectivity index (χ1n) is 14.9. The third kappa shape index (κ3) is 7.13. The Morgan fingerprint density at radius 2 is 1.87 bits per heavy atom. The summed E-state index contributed by atoms with van der Waals surface area (Å²) < 4.78 is 24.9. The molecule has 0 saturated carbocycles. The van der Waals surface area contributed by atoms with Gasteiger partial charge in [-0.05, 0) is 48.9 Å². The van der Waals surface area contributed by atoms with Crippen LogP contribution in [0.4, 0.5) is 0 Å². The van der Waals surface area contributed by atoms with Crippen LogP contribution in [-0.2, 0) is 30.8 Å². The largest absolute Gasteiger partial charge is 0.497 e. The summed E-state index contributed by atoms with van der Waals surface area (Å²) in [5.74, 6) is 0.0788. The minimum absolute atomic E-state index is 0.0343. The van der Waals surface area contributed by atoms with Gasteiger partial charge >= 0.3 is 11.9 Å². The molecule has 0 fully saturated rings. The number of fused-ring (bicyclic) bond motifs is 1. The summed E-state index contributed by atoms with van der Waals surface area (Å²) in [5.41, 5.74) is 4.21. The van der Waals surface area contributed by atoms with Gasteiger partial charge in [0.2, 0.25) is 0 Å². The van der Waals surface area contributed by atoms with Gasteiger partial charge in [0.05, 0.1) is 38.3 Å². The number of aromatic carboxylic acids is 1. The third-order valence-electron chi connectivity index (χ3n) is 7.80. The number of aryl methyl sites for hydroxylation is 1. The number of carboxylic acid groups (broad SMARTS) is 2. The van der Waals surface area contributed by atoms with E-state index >= 15 is 0 Å². The number of methoxy groups -OCH3 is 2. The molecule has 2 N–H and O–H groups in total. The summed E-state index contributed by atoms with van der Waals surface area (Å²) in [5, 5.41) is 25.0. The van der Waals surface area contributed by atoms with Crippen LogP contribution in [-0.4, -0.2) is 52.8 Å². The zero-order valence-electron chi connectivity index (χ0n) is 25.8. The van der Waals surface area contributed by atoms with Crippen molar-refractivity contribution < 1.29 is 38.7 Å². The first-order valence-corrected chi connectivity index (χ1v) is 15.2. The topological polar surface area (TPSA) is 129 Å². The van der Waals surface area contributed by atoms with Gasteiger partial charge in [0.15, 0.2) is 0 Å². The van der Waals surface area contributed by atoms with E-state index in [0.29, 0.717) is 63.4 Å². The van der Waals surface area contributed by atoms with Crippen LogP contribution in [0, 0.1) is 0 Å². The van der Waals surface area contributed by atoms with E-state index < -0.39 is 11.9 Å². The van der Waals surface area contributed by atoms with Gasteiger partial charge in [-0.3, -0.25) is 4.68 Å². The number of unbranched alkanes of at least 4 members (excludes halogenated alkanes) is 1. The number of ether oxygens (including phenoxy) is 4. The molecule has 46 heavy (non-hydrogen) atoms. The van der Waals surface area contributed by atoms with Crippen molar-refractivity contribution in [2.24, 2.45) is 0 Å². The Kier molecular flexibility index (Phi) is 10.2. The second kappa shape index (κ2) is 14.4. The van der Waals surface area contributed by atoms with Gasteiger partial charge < -0.3 is 29.2 Å². The number of carbonyl (C=O) groups is 2. The molecule has 0 radical (unpaired) electrons. The highest BCUT2D eigenvalue weighted by atomic mass is 35.5. The Morgan fingerprint density at radius 3 is 2.59 bits per heavy atom. The zero-order chi connectivity index (χ0) is 32.8. The number of hydrogen-bond acceptors (Lipinski definition) is 7. The third-order valence-corrected chi connectivity index (χ3v) is 8.03. The number of rotatable bonds is 14. The molecular weight excluding hydrogens is 612 g/mol. The summed E-state index contributed by atoms with van der Waals surface area (Å²) in [7, 11) is 3.10. The summed E-state index contributed by atoms with van der Waals surface area (Å²) >= 11 is 6.05. The van der Waals surface area contributed by atoms with E-state index in [1.54, 1.807) is 43.6 Å². The minimum atomic E-state index is -1.12. The maximum absolute atomic E-state index is 12.6. The molecule has 1 aliphatic heterocycles. The van der Waals surface area contributed by atoms with Crippen LogP contribution < -0.4 is 18.9 Å². The molecule has 0 bridgehead atoms. The number of benzene rings is 3. The van der Waals surface area contributed by atoms with Gasteiger partial charge in [-0.25, -0.2) is 9.59 Å². The standard InChI is InChI=1S/C35H35ClN2O8/c1-4-5-11-38-33(28-9-8-27(43-2)18-32(28)46-20-22-6-7-26(36)17-29(22)35(41)42)25(19-37-38)14-24(34(39)40)13-23-16-31-21(10-12-45-31)15-30(23)44-3/h6-9,14-19H,4-5,10-13,20H2,1-3H3,(H,39,40)(H,41,42)/b24-14+. The first kappa shape index (κ1) is 32.4. The molecule has 0 spiro atoms. The Labute approximate surface area is 271 Å². The lowest BCUT2D eigenvalue weighted by Crippen LogP contribution is -2.08. The molecule has 240 valence electrons. The number of halogens is 1. The Morgan fingerprint density at radius 1 is 1.04 bits per heavy atom. The Hall–Kier alpha value is -4.96. The molecule has 1 aliphatic rings. The lowest BCUT2D eigenvalue weighted by molar-refractivity contribution is -0.132. The average Bonchev–Trinajstić information content (AvgIpc) is 3.68. The van der Waals surface area contributed by atoms with E-state index in [-0.39, 0.29) is 24.2 Å². The van der Waals surface area contributed by atoms with Crippen molar-refractivity contribution in [1.82, 2.24) is 9.78 Å². The SMILES string of the molecule is CCCCn1ncc(/C=C(\Cc2cc3c(cc2OC)CCO3)C(=O)O)c1-c1ccc(OC)cc1OCc1ccc(Cl)cc1C(=O)O. The predicted molar refractivity (Wildman–Crippen MR) is 173 cm³/mol. The van der Waals surface area contributed by atoms with E-state index in [0.717, 1.165) is 30.6 Å². The summed E-state index contributed by atoms with van der Waals surface area (Å²) in [6.45, 7) is 3.18. The number of nitrogens with zero attached hydrogens (tertiary/aromatic N) is 2. The highest BCUT2D eigenvalue weighted by Crippen LogP contribution is 2.38. The summed E-state index contributed by atoms with van der Waals surface area (Å²) in [6, 6.07) is 13.7. The lowest BCUT2D eigenvalue weighted by atomic mass is 9.98. The lowest BCUT2D eigenvalue weighted by Gasteiger charge is -2.17. The van der Waals surface area contributed by atoms with Gasteiger partial charge in [-0.15, -0.1) is 0 Å². The number of aromatic nitrogens is 2. The van der Waals surface area contributed by atoms with Crippen LogP contribution in [0.25, 0.3) is 17.3 Å². The van der Waals surface area contributed by atoms with Crippen LogP contribution in [0.5, 0.6) is 23.0 Å². The molecule has 0 saturated heterocycles. The molecule has 5 rings (SSSR count). The van der Waals surface area contributed by atoms with Crippen LogP contribution in [0.3, 0.4) is 0 Å². The monoisotopic (exact) mass is 646 g/mol. The minimum Gasteiger partial charge on any atom is -0.497 e. The normalized spacial score (nSPS) is 12.4. The predicted octanol–water partition coefficient (Wildman–Crippen LogP) is 6.94. The highest BCUT2D eigenvalue weighted by Gasteiger charge is 2.22. The van der Waals surface area contributed by atoms with Gasteiger partial charge in [-0.2, -0.15) is 5.10 Å². The summed E-state index contributed by atoms with van der Waals surface area (Å²) in [4.78, 5) is 24.5. The Balaban J connectivity index is 1.58. The number of hydrogen-bond donors (Lipinski definition) is 2. The molecule has 11 heteroatoms. The van der Waals surface area contributed by atoms with E-state index in [9.17, 15) is 19.8 Å². The van der Waals surface area contributed by atoms with E-state index in [1.807, 2.05) is 22.9 Å². The second-order valence-electron chi connectivity index (χ2n) is 10.8. The number of carboxylic acids is 2. The first-order chi connectivity index (χ1) is 22.2. The highest BCUT2D eigenvalue weighted by molar-refractivity contribution is 6.31. The zero-order valence-corrected chi connectivity index (χ0v) is 26.6. The van der Waals surface area contributed by atoms with Crippen molar-refractivity contribution in [2.45, 2.75) is 45.8 Å². The Bertz CT molecular complexity index is 1800. The van der Waals surface area contributed by atoms with Crippen molar-refractivity contribution in [3.63, 3.8) is 0 Å². The fourth-order valence-corrected chi connectivity index (χ4v) is 5.58. The molecule has 0 aliphatic carbocycles. The van der Waals surface area contributed by atoms with E-state index in [2.05, 4.69) is 12.0 Å². The van der Waals surface area contributed by atoms with Gasteiger partial charge in [0.1, 0.15) is 29.6 Å². The van der Waals surface area contributed by atoms with Crippen molar-refractivity contribution in [1.29, 1.82) is 0 Å². The molecule has 1 aromatic heterocycles. The molecule has 0 unspecified atom stereocenters. The average molecular weight is 647 g/mol. The van der Waals surface area contributed by atoms with Crippen molar-refractivity contribution >= 4 is 29.6 Å². The maximum atomic E-state index is 12.6. The molecule has 10 nitrogen and oxygen atoms in total. The summed E-state index contributed by atoms with van der Waals surface area (Å²) in [6.07, 6.45) is 5.90. The van der Waals surface area contributed by atoms with Crippen molar-refractivity contribution in [2.75, 3.05) is 20.8 Å².